The monoisotopic (exact) mass is 447 g/mol. The lowest BCUT2D eigenvalue weighted by atomic mass is 10.1. The van der Waals surface area contributed by atoms with Crippen LogP contribution in [0.3, 0.4) is 0 Å². The zero-order valence-electron chi connectivity index (χ0n) is 14.8. The maximum atomic E-state index is 12.1. The van der Waals surface area contributed by atoms with Crippen LogP contribution in [0.1, 0.15) is 39.2 Å². The molecule has 1 aromatic rings. The molecular formula is C17H26IN3O3. The Bertz CT molecular complexity index is 567. The molecule has 1 aliphatic rings. The molecule has 1 aliphatic heterocycles. The number of aromatic nitrogens is 1. The molecule has 2 heterocycles. The molecule has 0 atom stereocenters. The Morgan fingerprint density at radius 2 is 2.08 bits per heavy atom. The summed E-state index contributed by atoms with van der Waals surface area (Å²) < 4.78 is 11.9. The van der Waals surface area contributed by atoms with Gasteiger partial charge in [0.2, 0.25) is 5.88 Å². The molecule has 7 heteroatoms. The maximum absolute atomic E-state index is 12.1. The molecular weight excluding hydrogens is 421 g/mol. The van der Waals surface area contributed by atoms with Crippen molar-refractivity contribution in [1.82, 2.24) is 15.2 Å². The van der Waals surface area contributed by atoms with Gasteiger partial charge in [-0.05, 0) is 62.3 Å². The minimum atomic E-state index is -0.445. The van der Waals surface area contributed by atoms with Gasteiger partial charge in [-0.1, -0.05) is 0 Å². The predicted molar refractivity (Wildman–Crippen MR) is 101 cm³/mol. The fourth-order valence-corrected chi connectivity index (χ4v) is 3.21. The summed E-state index contributed by atoms with van der Waals surface area (Å²) in [5.41, 5.74) is 0.634. The highest BCUT2D eigenvalue weighted by molar-refractivity contribution is 14.1. The molecule has 2 rings (SSSR count). The maximum Gasteiger partial charge on any atom is 0.410 e. The standard InChI is InChI=1S/C17H26IN3O3/c1-17(2,3)24-16(22)21-9-6-12(7-10-21)20-11-13-14(18)5-8-19-15(13)23-4/h5,8,12,20H,6-7,9-11H2,1-4H3. The van der Waals surface area contributed by atoms with E-state index in [-0.39, 0.29) is 6.09 Å². The summed E-state index contributed by atoms with van der Waals surface area (Å²) in [5, 5.41) is 3.56. The first-order chi connectivity index (χ1) is 11.3. The van der Waals surface area contributed by atoms with Crippen LogP contribution in [-0.4, -0.2) is 47.8 Å². The van der Waals surface area contributed by atoms with Crippen molar-refractivity contribution >= 4 is 28.7 Å². The Morgan fingerprint density at radius 1 is 1.42 bits per heavy atom. The molecule has 0 aliphatic carbocycles. The van der Waals surface area contributed by atoms with E-state index in [1.165, 1.54) is 0 Å². The van der Waals surface area contributed by atoms with Crippen LogP contribution in [0.2, 0.25) is 0 Å². The molecule has 0 radical (unpaired) electrons. The van der Waals surface area contributed by atoms with E-state index in [0.29, 0.717) is 31.6 Å². The predicted octanol–water partition coefficient (Wildman–Crippen LogP) is 3.18. The van der Waals surface area contributed by atoms with Crippen molar-refractivity contribution in [3.8, 4) is 5.88 Å². The average Bonchev–Trinajstić information content (AvgIpc) is 2.52. The molecule has 1 aromatic heterocycles. The minimum Gasteiger partial charge on any atom is -0.481 e. The third-order valence-electron chi connectivity index (χ3n) is 3.87. The SMILES string of the molecule is COc1nccc(I)c1CNC1CCN(C(=O)OC(C)(C)C)CC1. The lowest BCUT2D eigenvalue weighted by Gasteiger charge is -2.33. The van der Waals surface area contributed by atoms with E-state index in [9.17, 15) is 4.79 Å². The molecule has 1 fully saturated rings. The van der Waals surface area contributed by atoms with Crippen LogP contribution < -0.4 is 10.1 Å². The van der Waals surface area contributed by atoms with Crippen molar-refractivity contribution in [2.45, 2.75) is 51.8 Å². The van der Waals surface area contributed by atoms with E-state index >= 15 is 0 Å². The molecule has 6 nitrogen and oxygen atoms in total. The molecule has 1 saturated heterocycles. The normalized spacial score (nSPS) is 16.1. The van der Waals surface area contributed by atoms with E-state index < -0.39 is 5.60 Å². The van der Waals surface area contributed by atoms with Crippen molar-refractivity contribution in [1.29, 1.82) is 0 Å². The number of nitrogens with zero attached hydrogens (tertiary/aromatic N) is 2. The summed E-state index contributed by atoms with van der Waals surface area (Å²) in [7, 11) is 1.64. The smallest absolute Gasteiger partial charge is 0.410 e. The lowest BCUT2D eigenvalue weighted by molar-refractivity contribution is 0.0198. The summed E-state index contributed by atoms with van der Waals surface area (Å²) in [6.45, 7) is 7.82. The highest BCUT2D eigenvalue weighted by Gasteiger charge is 2.26. The van der Waals surface area contributed by atoms with Crippen LogP contribution in [0, 0.1) is 3.57 Å². The topological polar surface area (TPSA) is 63.7 Å². The van der Waals surface area contributed by atoms with Crippen molar-refractivity contribution in [3.63, 3.8) is 0 Å². The number of amides is 1. The van der Waals surface area contributed by atoms with Gasteiger partial charge in [-0.2, -0.15) is 0 Å². The van der Waals surface area contributed by atoms with Crippen LogP contribution in [0.4, 0.5) is 4.79 Å². The largest absolute Gasteiger partial charge is 0.481 e. The number of piperidine rings is 1. The second-order valence-electron chi connectivity index (χ2n) is 6.90. The summed E-state index contributed by atoms with van der Waals surface area (Å²) in [6.07, 6.45) is 3.37. The van der Waals surface area contributed by atoms with Gasteiger partial charge < -0.3 is 19.7 Å². The molecule has 1 N–H and O–H groups in total. The molecule has 134 valence electrons. The molecule has 1 amide bonds. The van der Waals surface area contributed by atoms with E-state index in [1.54, 1.807) is 18.2 Å². The third-order valence-corrected chi connectivity index (χ3v) is 4.88. The van der Waals surface area contributed by atoms with Gasteiger partial charge in [-0.15, -0.1) is 0 Å². The fraction of sp³-hybridized carbons (Fsp3) is 0.647. The van der Waals surface area contributed by atoms with Crippen molar-refractivity contribution in [2.75, 3.05) is 20.2 Å². The highest BCUT2D eigenvalue weighted by Crippen LogP contribution is 2.22. The van der Waals surface area contributed by atoms with Crippen LogP contribution in [0.15, 0.2) is 12.3 Å². The summed E-state index contributed by atoms with van der Waals surface area (Å²) in [6, 6.07) is 2.36. The number of rotatable bonds is 4. The molecule has 0 aromatic carbocycles. The van der Waals surface area contributed by atoms with Gasteiger partial charge in [0, 0.05) is 41.0 Å². The van der Waals surface area contributed by atoms with Crippen LogP contribution in [0.25, 0.3) is 0 Å². The summed E-state index contributed by atoms with van der Waals surface area (Å²) in [5.74, 6) is 0.667. The number of carbonyl (C=O) groups excluding carboxylic acids is 1. The molecule has 0 saturated carbocycles. The first-order valence-electron chi connectivity index (χ1n) is 8.19. The highest BCUT2D eigenvalue weighted by atomic mass is 127. The van der Waals surface area contributed by atoms with Crippen LogP contribution in [-0.2, 0) is 11.3 Å². The number of methoxy groups -OCH3 is 1. The molecule has 0 spiro atoms. The van der Waals surface area contributed by atoms with Gasteiger partial charge in [0.15, 0.2) is 0 Å². The zero-order valence-corrected chi connectivity index (χ0v) is 16.9. The Kier molecular flexibility index (Phi) is 6.68. The van der Waals surface area contributed by atoms with Gasteiger partial charge in [0.05, 0.1) is 7.11 Å². The van der Waals surface area contributed by atoms with E-state index in [0.717, 1.165) is 22.0 Å². The first kappa shape index (κ1) is 19.2. The van der Waals surface area contributed by atoms with E-state index in [1.807, 2.05) is 26.8 Å². The number of hydrogen-bond acceptors (Lipinski definition) is 5. The Hall–Kier alpha value is -1.09. The Labute approximate surface area is 157 Å². The minimum absolute atomic E-state index is 0.218. The van der Waals surface area contributed by atoms with E-state index in [2.05, 4.69) is 32.9 Å². The number of halogens is 1. The van der Waals surface area contributed by atoms with Gasteiger partial charge in [-0.3, -0.25) is 0 Å². The number of ether oxygens (including phenoxy) is 2. The second-order valence-corrected chi connectivity index (χ2v) is 8.07. The van der Waals surface area contributed by atoms with Gasteiger partial charge in [-0.25, -0.2) is 9.78 Å². The third kappa shape index (κ3) is 5.47. The van der Waals surface area contributed by atoms with Gasteiger partial charge >= 0.3 is 6.09 Å². The molecule has 0 unspecified atom stereocenters. The average molecular weight is 447 g/mol. The molecule has 24 heavy (non-hydrogen) atoms. The zero-order chi connectivity index (χ0) is 17.7. The molecule has 0 bridgehead atoms. The van der Waals surface area contributed by atoms with Gasteiger partial charge in [0.25, 0.3) is 0 Å². The number of pyridine rings is 1. The van der Waals surface area contributed by atoms with Crippen LogP contribution >= 0.6 is 22.6 Å². The van der Waals surface area contributed by atoms with Crippen LogP contribution in [0.5, 0.6) is 5.88 Å². The second kappa shape index (κ2) is 8.33. The first-order valence-corrected chi connectivity index (χ1v) is 9.26. The van der Waals surface area contributed by atoms with Crippen molar-refractivity contribution in [2.24, 2.45) is 0 Å². The van der Waals surface area contributed by atoms with Gasteiger partial charge in [0.1, 0.15) is 5.60 Å². The lowest BCUT2D eigenvalue weighted by Crippen LogP contribution is -2.46. The summed E-state index contributed by atoms with van der Waals surface area (Å²) in [4.78, 5) is 18.1. The van der Waals surface area contributed by atoms with Crippen molar-refractivity contribution < 1.29 is 14.3 Å². The number of nitrogens with one attached hydrogen (secondary N) is 1. The number of hydrogen-bond donors (Lipinski definition) is 1. The van der Waals surface area contributed by atoms with E-state index in [4.69, 9.17) is 9.47 Å². The quantitative estimate of drug-likeness (QED) is 0.719. The Balaban J connectivity index is 1.83. The Morgan fingerprint density at radius 3 is 2.67 bits per heavy atom. The van der Waals surface area contributed by atoms with Crippen molar-refractivity contribution in [3.05, 3.63) is 21.4 Å². The number of likely N-dealkylation sites (tertiary alicyclic amines) is 1. The number of carbonyl (C=O) groups is 1. The fourth-order valence-electron chi connectivity index (χ4n) is 2.63. The summed E-state index contributed by atoms with van der Waals surface area (Å²) >= 11 is 2.30.